The molecule has 3 rings (SSSR count). The lowest BCUT2D eigenvalue weighted by atomic mass is 9.73. The van der Waals surface area contributed by atoms with Crippen LogP contribution in [0.5, 0.6) is 0 Å². The Morgan fingerprint density at radius 2 is 2.28 bits per heavy atom. The van der Waals surface area contributed by atoms with Gasteiger partial charge in [0.05, 0.1) is 18.8 Å². The van der Waals surface area contributed by atoms with Crippen LogP contribution in [0.15, 0.2) is 17.4 Å². The van der Waals surface area contributed by atoms with Crippen molar-refractivity contribution >= 4 is 5.96 Å². The molecule has 0 radical (unpaired) electrons. The molecule has 2 fully saturated rings. The van der Waals surface area contributed by atoms with Gasteiger partial charge in [-0.3, -0.25) is 9.67 Å². The Bertz CT molecular complexity index is 598. The summed E-state index contributed by atoms with van der Waals surface area (Å²) in [5.74, 6) is 1.52. The van der Waals surface area contributed by atoms with Gasteiger partial charge in [0.2, 0.25) is 0 Å². The lowest BCUT2D eigenvalue weighted by Gasteiger charge is -2.37. The molecule has 25 heavy (non-hydrogen) atoms. The van der Waals surface area contributed by atoms with E-state index in [0.717, 1.165) is 51.3 Å². The van der Waals surface area contributed by atoms with Gasteiger partial charge in [0.1, 0.15) is 0 Å². The van der Waals surface area contributed by atoms with Crippen molar-refractivity contribution in [2.45, 2.75) is 58.0 Å². The summed E-state index contributed by atoms with van der Waals surface area (Å²) in [6, 6.07) is 0. The first-order valence-electron chi connectivity index (χ1n) is 9.71. The Balaban J connectivity index is 1.66. The summed E-state index contributed by atoms with van der Waals surface area (Å²) < 4.78 is 1.88. The number of aromatic nitrogens is 2. The lowest BCUT2D eigenvalue weighted by molar-refractivity contribution is 0.00705. The van der Waals surface area contributed by atoms with Crippen molar-refractivity contribution in [1.29, 1.82) is 0 Å². The van der Waals surface area contributed by atoms with E-state index in [1.165, 1.54) is 12.0 Å². The van der Waals surface area contributed by atoms with Crippen molar-refractivity contribution in [3.8, 4) is 0 Å². The van der Waals surface area contributed by atoms with Crippen LogP contribution in [0.2, 0.25) is 0 Å². The minimum absolute atomic E-state index is 0.0819. The molecular weight excluding hydrogens is 314 g/mol. The quantitative estimate of drug-likeness (QED) is 0.647. The molecule has 0 bridgehead atoms. The average molecular weight is 348 g/mol. The van der Waals surface area contributed by atoms with E-state index in [2.05, 4.69) is 35.4 Å². The number of nitrogens with zero attached hydrogens (tertiary/aromatic N) is 4. The molecule has 3 atom stereocenters. The zero-order valence-electron chi connectivity index (χ0n) is 15.9. The third-order valence-corrected chi connectivity index (χ3v) is 5.89. The highest BCUT2D eigenvalue weighted by Gasteiger charge is 2.35. The van der Waals surface area contributed by atoms with Gasteiger partial charge in [0, 0.05) is 44.2 Å². The molecule has 0 aromatic carbocycles. The van der Waals surface area contributed by atoms with E-state index >= 15 is 0 Å². The van der Waals surface area contributed by atoms with Crippen molar-refractivity contribution in [2.75, 3.05) is 26.2 Å². The van der Waals surface area contributed by atoms with E-state index in [1.54, 1.807) is 0 Å². The second-order valence-corrected chi connectivity index (χ2v) is 7.96. The predicted molar refractivity (Wildman–Crippen MR) is 101 cm³/mol. The summed E-state index contributed by atoms with van der Waals surface area (Å²) in [5, 5.41) is 18.2. The molecule has 1 aliphatic carbocycles. The normalized spacial score (nSPS) is 30.7. The van der Waals surface area contributed by atoms with Gasteiger partial charge in [0.25, 0.3) is 0 Å². The van der Waals surface area contributed by atoms with Gasteiger partial charge in [-0.05, 0) is 31.7 Å². The van der Waals surface area contributed by atoms with Gasteiger partial charge in [-0.1, -0.05) is 19.8 Å². The highest BCUT2D eigenvalue weighted by atomic mass is 16.3. The van der Waals surface area contributed by atoms with E-state index in [0.29, 0.717) is 12.5 Å². The van der Waals surface area contributed by atoms with Crippen molar-refractivity contribution in [1.82, 2.24) is 20.0 Å². The number of nitrogens with one attached hydrogen (secondary N) is 1. The molecule has 0 amide bonds. The zero-order valence-corrected chi connectivity index (χ0v) is 15.9. The molecule has 6 nitrogen and oxygen atoms in total. The van der Waals surface area contributed by atoms with Crippen molar-refractivity contribution in [3.63, 3.8) is 0 Å². The van der Waals surface area contributed by atoms with Gasteiger partial charge in [-0.2, -0.15) is 5.10 Å². The Morgan fingerprint density at radius 3 is 2.96 bits per heavy atom. The molecule has 3 unspecified atom stereocenters. The van der Waals surface area contributed by atoms with Gasteiger partial charge in [0.15, 0.2) is 5.96 Å². The number of aliphatic hydroxyl groups excluding tert-OH is 1. The minimum Gasteiger partial charge on any atom is -0.392 e. The van der Waals surface area contributed by atoms with Gasteiger partial charge in [-0.25, -0.2) is 0 Å². The summed E-state index contributed by atoms with van der Waals surface area (Å²) in [4.78, 5) is 7.29. The van der Waals surface area contributed by atoms with Crippen molar-refractivity contribution in [3.05, 3.63) is 18.0 Å². The van der Waals surface area contributed by atoms with E-state index in [1.807, 2.05) is 17.9 Å². The fourth-order valence-corrected chi connectivity index (χ4v) is 4.12. The van der Waals surface area contributed by atoms with Gasteiger partial charge < -0.3 is 15.3 Å². The third-order valence-electron chi connectivity index (χ3n) is 5.89. The van der Waals surface area contributed by atoms with Crippen LogP contribution in [0.4, 0.5) is 0 Å². The summed E-state index contributed by atoms with van der Waals surface area (Å²) in [7, 11) is 1.97. The van der Waals surface area contributed by atoms with Crippen LogP contribution in [0.1, 0.15) is 57.4 Å². The van der Waals surface area contributed by atoms with Crippen LogP contribution in [0, 0.1) is 5.41 Å². The molecule has 1 saturated heterocycles. The van der Waals surface area contributed by atoms with Crippen LogP contribution in [-0.2, 0) is 7.05 Å². The molecule has 1 aromatic heterocycles. The zero-order chi connectivity index (χ0) is 17.9. The Morgan fingerprint density at radius 1 is 1.44 bits per heavy atom. The first kappa shape index (κ1) is 18.2. The summed E-state index contributed by atoms with van der Waals surface area (Å²) >= 11 is 0. The molecule has 1 aliphatic heterocycles. The molecule has 1 aromatic rings. The average Bonchev–Trinajstić information content (AvgIpc) is 3.23. The fraction of sp³-hybridized carbons (Fsp3) is 0.789. The minimum atomic E-state index is -0.227. The number of rotatable bonds is 4. The van der Waals surface area contributed by atoms with E-state index in [-0.39, 0.29) is 11.5 Å². The second kappa shape index (κ2) is 7.77. The standard InChI is InChI=1S/C19H33N5O/c1-4-20-18(21-14-19(2)9-6-5-7-17(19)25)24-10-8-15(13-24)16-11-22-23(3)12-16/h11-12,15,17,25H,4-10,13-14H2,1-3H3,(H,20,21). The SMILES string of the molecule is CCNC(=NCC1(C)CCCCC1O)N1CCC(c2cnn(C)c2)C1. The summed E-state index contributed by atoms with van der Waals surface area (Å²) in [6.45, 7) is 7.87. The van der Waals surface area contributed by atoms with Crippen LogP contribution < -0.4 is 5.32 Å². The third kappa shape index (κ3) is 4.17. The van der Waals surface area contributed by atoms with Crippen LogP contribution in [0.25, 0.3) is 0 Å². The van der Waals surface area contributed by atoms with Gasteiger partial charge in [-0.15, -0.1) is 0 Å². The first-order valence-corrected chi connectivity index (χ1v) is 9.71. The maximum absolute atomic E-state index is 10.4. The number of aryl methyl sites for hydroxylation is 1. The highest BCUT2D eigenvalue weighted by molar-refractivity contribution is 5.80. The maximum Gasteiger partial charge on any atom is 0.193 e. The Hall–Kier alpha value is -1.56. The molecule has 0 spiro atoms. The van der Waals surface area contributed by atoms with E-state index in [4.69, 9.17) is 4.99 Å². The second-order valence-electron chi connectivity index (χ2n) is 7.96. The maximum atomic E-state index is 10.4. The van der Waals surface area contributed by atoms with E-state index in [9.17, 15) is 5.11 Å². The lowest BCUT2D eigenvalue weighted by Crippen LogP contribution is -2.43. The molecule has 2 N–H and O–H groups in total. The number of hydrogen-bond donors (Lipinski definition) is 2. The molecular formula is C19H33N5O. The Kier molecular flexibility index (Phi) is 5.67. The Labute approximate surface area is 151 Å². The fourth-order valence-electron chi connectivity index (χ4n) is 4.12. The molecule has 2 heterocycles. The van der Waals surface area contributed by atoms with E-state index < -0.39 is 0 Å². The number of guanidine groups is 1. The molecule has 1 saturated carbocycles. The largest absolute Gasteiger partial charge is 0.392 e. The number of likely N-dealkylation sites (tertiary alicyclic amines) is 1. The predicted octanol–water partition coefficient (Wildman–Crippen LogP) is 2.12. The summed E-state index contributed by atoms with van der Waals surface area (Å²) in [6.07, 6.45) is 9.33. The first-order chi connectivity index (χ1) is 12.0. The molecule has 140 valence electrons. The molecule has 2 aliphatic rings. The highest BCUT2D eigenvalue weighted by Crippen LogP contribution is 2.36. The summed E-state index contributed by atoms with van der Waals surface area (Å²) in [5.41, 5.74) is 1.23. The van der Waals surface area contributed by atoms with Crippen molar-refractivity contribution in [2.24, 2.45) is 17.5 Å². The molecule has 6 heteroatoms. The van der Waals surface area contributed by atoms with Crippen LogP contribution >= 0.6 is 0 Å². The van der Waals surface area contributed by atoms with Gasteiger partial charge >= 0.3 is 0 Å². The number of aliphatic imine (C=N–C) groups is 1. The monoisotopic (exact) mass is 347 g/mol. The number of hydrogen-bond acceptors (Lipinski definition) is 3. The smallest absolute Gasteiger partial charge is 0.193 e. The van der Waals surface area contributed by atoms with Crippen LogP contribution in [-0.4, -0.2) is 58.0 Å². The number of aliphatic hydroxyl groups is 1. The van der Waals surface area contributed by atoms with Crippen LogP contribution in [0.3, 0.4) is 0 Å². The van der Waals surface area contributed by atoms with Crippen molar-refractivity contribution < 1.29 is 5.11 Å². The topological polar surface area (TPSA) is 65.7 Å².